The molecule has 3 nitrogen and oxygen atoms in total. The molecular weight excluding hydrogens is 282 g/mol. The number of hydrogen-bond acceptors (Lipinski definition) is 3. The van der Waals surface area contributed by atoms with Gasteiger partial charge in [0.25, 0.3) is 0 Å². The lowest BCUT2D eigenvalue weighted by Gasteiger charge is -2.06. The summed E-state index contributed by atoms with van der Waals surface area (Å²) in [6.45, 7) is -0.110. The second kappa shape index (κ2) is 6.52. The van der Waals surface area contributed by atoms with Crippen LogP contribution in [-0.4, -0.2) is 11.0 Å². The van der Waals surface area contributed by atoms with Crippen LogP contribution in [0.1, 0.15) is 10.4 Å². The number of aliphatic hydroxyl groups is 1. The number of carbonyl (C=O) groups is 1. The average Bonchev–Trinajstić information content (AvgIpc) is 2.83. The largest absolute Gasteiger partial charge is 0.392 e. The molecule has 0 saturated carbocycles. The first-order chi connectivity index (χ1) is 9.19. The minimum Gasteiger partial charge on any atom is -0.392 e. The number of halogens is 1. The van der Waals surface area contributed by atoms with Crippen LogP contribution in [0.25, 0.3) is 6.08 Å². The van der Waals surface area contributed by atoms with Crippen molar-refractivity contribution >= 4 is 40.6 Å². The highest BCUT2D eigenvalue weighted by Gasteiger charge is 2.03. The number of hydrogen-bond donors (Lipinski definition) is 2. The number of benzene rings is 1. The van der Waals surface area contributed by atoms with Crippen molar-refractivity contribution in [3.05, 3.63) is 57.3 Å². The Bertz CT molecular complexity index is 607. The van der Waals surface area contributed by atoms with Crippen LogP contribution >= 0.6 is 22.9 Å². The third-order valence-electron chi connectivity index (χ3n) is 2.44. The first-order valence-electron chi connectivity index (χ1n) is 5.62. The summed E-state index contributed by atoms with van der Waals surface area (Å²) in [7, 11) is 0. The summed E-state index contributed by atoms with van der Waals surface area (Å²) in [6, 6.07) is 10.8. The number of nitrogens with one attached hydrogen (secondary N) is 1. The Morgan fingerprint density at radius 3 is 2.79 bits per heavy atom. The highest BCUT2D eigenvalue weighted by atomic mass is 35.5. The third-order valence-corrected chi connectivity index (χ3v) is 3.63. The zero-order valence-electron chi connectivity index (χ0n) is 9.97. The van der Waals surface area contributed by atoms with Gasteiger partial charge in [0.2, 0.25) is 5.91 Å². The maximum absolute atomic E-state index is 11.8. The minimum absolute atomic E-state index is 0.110. The second-order valence-corrected chi connectivity index (χ2v) is 5.53. The Morgan fingerprint density at radius 1 is 1.32 bits per heavy atom. The number of rotatable bonds is 4. The summed E-state index contributed by atoms with van der Waals surface area (Å²) in [6.07, 6.45) is 3.14. The van der Waals surface area contributed by atoms with Crippen LogP contribution in [0.4, 0.5) is 5.69 Å². The molecule has 0 aliphatic rings. The second-order valence-electron chi connectivity index (χ2n) is 3.78. The summed E-state index contributed by atoms with van der Waals surface area (Å²) in [5, 5.41) is 11.9. The molecule has 0 aliphatic carbocycles. The number of carbonyl (C=O) groups excluding carboxylic acids is 1. The first-order valence-corrected chi connectivity index (χ1v) is 6.81. The molecule has 1 heterocycles. The molecule has 0 spiro atoms. The van der Waals surface area contributed by atoms with Gasteiger partial charge in [-0.2, -0.15) is 0 Å². The molecule has 2 aromatic rings. The molecule has 0 saturated heterocycles. The predicted octanol–water partition coefficient (Wildman–Crippen LogP) is 3.55. The molecule has 2 rings (SSSR count). The van der Waals surface area contributed by atoms with E-state index < -0.39 is 0 Å². The van der Waals surface area contributed by atoms with Crippen molar-refractivity contribution in [3.8, 4) is 0 Å². The number of para-hydroxylation sites is 1. The molecule has 1 aromatic carbocycles. The van der Waals surface area contributed by atoms with Crippen LogP contribution in [0.5, 0.6) is 0 Å². The fourth-order valence-electron chi connectivity index (χ4n) is 1.53. The van der Waals surface area contributed by atoms with Crippen LogP contribution in [0, 0.1) is 0 Å². The van der Waals surface area contributed by atoms with E-state index in [1.165, 1.54) is 17.4 Å². The zero-order valence-corrected chi connectivity index (χ0v) is 11.5. The van der Waals surface area contributed by atoms with E-state index in [0.717, 1.165) is 4.88 Å². The lowest BCUT2D eigenvalue weighted by atomic mass is 10.2. The molecule has 19 heavy (non-hydrogen) atoms. The maximum Gasteiger partial charge on any atom is 0.248 e. The third kappa shape index (κ3) is 3.92. The molecule has 0 unspecified atom stereocenters. The quantitative estimate of drug-likeness (QED) is 0.847. The highest BCUT2D eigenvalue weighted by molar-refractivity contribution is 7.17. The van der Waals surface area contributed by atoms with E-state index in [1.807, 2.05) is 12.1 Å². The molecule has 1 amide bonds. The standard InChI is InChI=1S/C14H12ClNO2S/c15-13-7-5-11(19-13)6-8-14(18)16-12-4-2-1-3-10(12)9-17/h1-8,17H,9H2,(H,16,18)/b8-6+. The number of amides is 1. The first kappa shape index (κ1) is 13.8. The Balaban J connectivity index is 2.03. The average molecular weight is 294 g/mol. The summed E-state index contributed by atoms with van der Waals surface area (Å²) < 4.78 is 0.686. The molecular formula is C14H12ClNO2S. The van der Waals surface area contributed by atoms with E-state index >= 15 is 0 Å². The van der Waals surface area contributed by atoms with E-state index in [1.54, 1.807) is 30.3 Å². The normalized spacial score (nSPS) is 10.8. The van der Waals surface area contributed by atoms with Gasteiger partial charge in [0.05, 0.1) is 10.9 Å². The fraction of sp³-hybridized carbons (Fsp3) is 0.0714. The van der Waals surface area contributed by atoms with E-state index in [4.69, 9.17) is 16.7 Å². The van der Waals surface area contributed by atoms with Crippen LogP contribution in [0.15, 0.2) is 42.5 Å². The molecule has 98 valence electrons. The number of anilines is 1. The van der Waals surface area contributed by atoms with Gasteiger partial charge < -0.3 is 10.4 Å². The van der Waals surface area contributed by atoms with Gasteiger partial charge in [-0.05, 0) is 24.3 Å². The molecule has 0 atom stereocenters. The van der Waals surface area contributed by atoms with Crippen molar-refractivity contribution in [3.63, 3.8) is 0 Å². The molecule has 1 aromatic heterocycles. The van der Waals surface area contributed by atoms with Crippen LogP contribution in [0.2, 0.25) is 4.34 Å². The van der Waals surface area contributed by atoms with Crippen LogP contribution in [0.3, 0.4) is 0 Å². The summed E-state index contributed by atoms with van der Waals surface area (Å²) in [4.78, 5) is 12.7. The topological polar surface area (TPSA) is 49.3 Å². The Kier molecular flexibility index (Phi) is 4.74. The van der Waals surface area contributed by atoms with Crippen molar-refractivity contribution in [1.29, 1.82) is 0 Å². The Morgan fingerprint density at radius 2 is 2.11 bits per heavy atom. The van der Waals surface area contributed by atoms with Crippen molar-refractivity contribution in [2.24, 2.45) is 0 Å². The Labute approximate surface area is 120 Å². The highest BCUT2D eigenvalue weighted by Crippen LogP contribution is 2.22. The van der Waals surface area contributed by atoms with E-state index in [9.17, 15) is 4.79 Å². The van der Waals surface area contributed by atoms with Crippen molar-refractivity contribution in [2.45, 2.75) is 6.61 Å². The number of aliphatic hydroxyl groups excluding tert-OH is 1. The molecule has 0 fully saturated rings. The molecule has 0 radical (unpaired) electrons. The molecule has 0 aliphatic heterocycles. The van der Waals surface area contributed by atoms with Gasteiger partial charge in [0.1, 0.15) is 0 Å². The minimum atomic E-state index is -0.245. The summed E-state index contributed by atoms with van der Waals surface area (Å²) >= 11 is 7.20. The van der Waals surface area contributed by atoms with Gasteiger partial charge in [-0.1, -0.05) is 29.8 Å². The Hall–Kier alpha value is -1.62. The van der Waals surface area contributed by atoms with Gasteiger partial charge in [-0.25, -0.2) is 0 Å². The van der Waals surface area contributed by atoms with Gasteiger partial charge in [-0.3, -0.25) is 4.79 Å². The molecule has 2 N–H and O–H groups in total. The van der Waals surface area contributed by atoms with Gasteiger partial charge in [0.15, 0.2) is 0 Å². The lowest BCUT2D eigenvalue weighted by Crippen LogP contribution is -2.09. The van der Waals surface area contributed by atoms with Gasteiger partial charge in [-0.15, -0.1) is 11.3 Å². The van der Waals surface area contributed by atoms with E-state index in [2.05, 4.69) is 5.32 Å². The van der Waals surface area contributed by atoms with Crippen molar-refractivity contribution in [2.75, 3.05) is 5.32 Å². The SMILES string of the molecule is O=C(/C=C/c1ccc(Cl)s1)Nc1ccccc1CO. The van der Waals surface area contributed by atoms with Crippen molar-refractivity contribution in [1.82, 2.24) is 0 Å². The summed E-state index contributed by atoms with van der Waals surface area (Å²) in [5.41, 5.74) is 1.30. The van der Waals surface area contributed by atoms with Crippen molar-refractivity contribution < 1.29 is 9.90 Å². The van der Waals surface area contributed by atoms with Crippen LogP contribution in [-0.2, 0) is 11.4 Å². The lowest BCUT2D eigenvalue weighted by molar-refractivity contribution is -0.111. The molecule has 0 bridgehead atoms. The van der Waals surface area contributed by atoms with E-state index in [0.29, 0.717) is 15.6 Å². The van der Waals surface area contributed by atoms with Gasteiger partial charge in [0, 0.05) is 22.2 Å². The zero-order chi connectivity index (χ0) is 13.7. The maximum atomic E-state index is 11.8. The molecule has 5 heteroatoms. The van der Waals surface area contributed by atoms with E-state index in [-0.39, 0.29) is 12.5 Å². The monoisotopic (exact) mass is 293 g/mol. The smallest absolute Gasteiger partial charge is 0.248 e. The van der Waals surface area contributed by atoms with Crippen LogP contribution < -0.4 is 5.32 Å². The fourth-order valence-corrected chi connectivity index (χ4v) is 2.49. The number of thiophene rings is 1. The predicted molar refractivity (Wildman–Crippen MR) is 79.4 cm³/mol. The summed E-state index contributed by atoms with van der Waals surface area (Å²) in [5.74, 6) is -0.245. The van der Waals surface area contributed by atoms with Gasteiger partial charge >= 0.3 is 0 Å².